The lowest BCUT2D eigenvalue weighted by atomic mass is 10.1. The summed E-state index contributed by atoms with van der Waals surface area (Å²) < 4.78 is 0. The Morgan fingerprint density at radius 3 is 2.32 bits per heavy atom. The highest BCUT2D eigenvalue weighted by molar-refractivity contribution is 5.60. The molecule has 0 aliphatic carbocycles. The summed E-state index contributed by atoms with van der Waals surface area (Å²) in [5.74, 6) is 1.86. The van der Waals surface area contributed by atoms with Gasteiger partial charge in [-0.3, -0.25) is 0 Å². The predicted octanol–water partition coefficient (Wildman–Crippen LogP) is 2.28. The Morgan fingerprint density at radius 2 is 1.56 bits per heavy atom. The van der Waals surface area contributed by atoms with Gasteiger partial charge < -0.3 is 14.7 Å². The Kier molecular flexibility index (Phi) is 4.38. The highest BCUT2D eigenvalue weighted by Gasteiger charge is 2.22. The van der Waals surface area contributed by atoms with Gasteiger partial charge in [0.2, 0.25) is 5.95 Å². The molecule has 0 bridgehead atoms. The maximum absolute atomic E-state index is 9.30. The fourth-order valence-corrected chi connectivity index (χ4v) is 3.61. The highest BCUT2D eigenvalue weighted by Crippen LogP contribution is 2.23. The van der Waals surface area contributed by atoms with E-state index in [2.05, 4.69) is 25.8 Å². The molecule has 0 amide bonds. The molecule has 0 atom stereocenters. The molecule has 6 heteroatoms. The van der Waals surface area contributed by atoms with Gasteiger partial charge in [0.25, 0.3) is 0 Å². The first-order valence-corrected chi connectivity index (χ1v) is 8.92. The van der Waals surface area contributed by atoms with Crippen molar-refractivity contribution in [3.8, 4) is 6.07 Å². The van der Waals surface area contributed by atoms with E-state index < -0.39 is 0 Å². The third kappa shape index (κ3) is 3.22. The number of nitriles is 1. The number of aromatic nitrogens is 2. The summed E-state index contributed by atoms with van der Waals surface area (Å²) in [6.07, 6.45) is 4.36. The monoisotopic (exact) mass is 334 g/mol. The van der Waals surface area contributed by atoms with E-state index in [0.717, 1.165) is 62.3 Å². The number of rotatable bonds is 3. The normalized spacial score (nSPS) is 17.6. The Morgan fingerprint density at radius 1 is 0.840 bits per heavy atom. The van der Waals surface area contributed by atoms with Gasteiger partial charge in [0.15, 0.2) is 0 Å². The number of anilines is 3. The van der Waals surface area contributed by atoms with E-state index >= 15 is 0 Å². The molecule has 0 unspecified atom stereocenters. The topological polar surface area (TPSA) is 59.3 Å². The van der Waals surface area contributed by atoms with E-state index in [9.17, 15) is 5.26 Å². The molecule has 4 rings (SSSR count). The molecule has 0 saturated carbocycles. The van der Waals surface area contributed by atoms with Crippen molar-refractivity contribution in [2.75, 3.05) is 54.0 Å². The molecule has 0 N–H and O–H groups in total. The summed E-state index contributed by atoms with van der Waals surface area (Å²) >= 11 is 0. The largest absolute Gasteiger partial charge is 0.367 e. The molecular weight excluding hydrogens is 312 g/mol. The average Bonchev–Trinajstić information content (AvgIpc) is 3.23. The van der Waals surface area contributed by atoms with Gasteiger partial charge in [-0.05, 0) is 31.0 Å². The van der Waals surface area contributed by atoms with Crippen LogP contribution in [0.25, 0.3) is 0 Å². The minimum absolute atomic E-state index is 0.739. The van der Waals surface area contributed by atoms with Crippen molar-refractivity contribution in [2.24, 2.45) is 0 Å². The van der Waals surface area contributed by atoms with Crippen LogP contribution in [0.5, 0.6) is 0 Å². The first-order chi connectivity index (χ1) is 12.3. The van der Waals surface area contributed by atoms with Gasteiger partial charge in [0.1, 0.15) is 11.9 Å². The van der Waals surface area contributed by atoms with Crippen molar-refractivity contribution >= 4 is 17.5 Å². The van der Waals surface area contributed by atoms with Crippen molar-refractivity contribution in [3.63, 3.8) is 0 Å². The van der Waals surface area contributed by atoms with Gasteiger partial charge in [-0.15, -0.1) is 0 Å². The van der Waals surface area contributed by atoms with Crippen molar-refractivity contribution in [1.29, 1.82) is 5.26 Å². The Balaban J connectivity index is 1.45. The lowest BCUT2D eigenvalue weighted by molar-refractivity contribution is 0.639. The van der Waals surface area contributed by atoms with E-state index in [-0.39, 0.29) is 0 Å². The minimum Gasteiger partial charge on any atom is -0.367 e. The van der Waals surface area contributed by atoms with Crippen LogP contribution in [0.3, 0.4) is 0 Å². The molecule has 3 heterocycles. The molecule has 2 saturated heterocycles. The second-order valence-electron chi connectivity index (χ2n) is 6.51. The van der Waals surface area contributed by atoms with Crippen LogP contribution in [0.4, 0.5) is 17.5 Å². The second-order valence-corrected chi connectivity index (χ2v) is 6.51. The molecule has 1 aromatic carbocycles. The van der Waals surface area contributed by atoms with Gasteiger partial charge in [0.05, 0.1) is 11.3 Å². The molecular formula is C19H22N6. The Hall–Kier alpha value is -2.81. The third-order valence-corrected chi connectivity index (χ3v) is 4.99. The number of benzene rings is 1. The van der Waals surface area contributed by atoms with Crippen LogP contribution in [0.2, 0.25) is 0 Å². The first kappa shape index (κ1) is 15.7. The van der Waals surface area contributed by atoms with Gasteiger partial charge in [0, 0.05) is 45.5 Å². The Bertz CT molecular complexity index is 769. The lowest BCUT2D eigenvalue weighted by Crippen LogP contribution is -2.47. The molecule has 2 aliphatic rings. The molecule has 2 aromatic rings. The van der Waals surface area contributed by atoms with Crippen LogP contribution < -0.4 is 14.7 Å². The zero-order valence-corrected chi connectivity index (χ0v) is 14.3. The van der Waals surface area contributed by atoms with Crippen molar-refractivity contribution < 1.29 is 0 Å². The third-order valence-electron chi connectivity index (χ3n) is 4.99. The standard InChI is InChI=1S/C19H22N6/c20-15-16-5-1-2-6-17(16)23-11-13-25(14-12-23)19-21-8-7-18(22-19)24-9-3-4-10-24/h1-2,5-8H,3-4,9-14H2. The van der Waals surface area contributed by atoms with Crippen molar-refractivity contribution in [1.82, 2.24) is 9.97 Å². The van der Waals surface area contributed by atoms with Gasteiger partial charge >= 0.3 is 0 Å². The molecule has 6 nitrogen and oxygen atoms in total. The van der Waals surface area contributed by atoms with E-state index in [1.54, 1.807) is 0 Å². The molecule has 2 aliphatic heterocycles. The van der Waals surface area contributed by atoms with Crippen LogP contribution in [0.15, 0.2) is 36.5 Å². The van der Waals surface area contributed by atoms with Gasteiger partial charge in [-0.2, -0.15) is 10.2 Å². The number of hydrogen-bond donors (Lipinski definition) is 0. The Labute approximate surface area is 148 Å². The van der Waals surface area contributed by atoms with Crippen LogP contribution in [0, 0.1) is 11.3 Å². The molecule has 0 radical (unpaired) electrons. The fourth-order valence-electron chi connectivity index (χ4n) is 3.61. The van der Waals surface area contributed by atoms with Crippen molar-refractivity contribution in [2.45, 2.75) is 12.8 Å². The van der Waals surface area contributed by atoms with E-state index in [1.165, 1.54) is 12.8 Å². The number of hydrogen-bond acceptors (Lipinski definition) is 6. The van der Waals surface area contributed by atoms with Crippen LogP contribution in [0.1, 0.15) is 18.4 Å². The highest BCUT2D eigenvalue weighted by atomic mass is 15.3. The van der Waals surface area contributed by atoms with Crippen LogP contribution >= 0.6 is 0 Å². The summed E-state index contributed by atoms with van der Waals surface area (Å²) in [5, 5.41) is 9.30. The number of para-hydroxylation sites is 1. The molecule has 25 heavy (non-hydrogen) atoms. The van der Waals surface area contributed by atoms with Crippen LogP contribution in [-0.4, -0.2) is 49.2 Å². The SMILES string of the molecule is N#Cc1ccccc1N1CCN(c2nccc(N3CCCC3)n2)CC1. The second kappa shape index (κ2) is 6.98. The summed E-state index contributed by atoms with van der Waals surface area (Å²) in [6.45, 7) is 5.66. The van der Waals surface area contributed by atoms with E-state index in [1.807, 2.05) is 36.5 Å². The molecule has 2 fully saturated rings. The first-order valence-electron chi connectivity index (χ1n) is 8.92. The minimum atomic E-state index is 0.739. The summed E-state index contributed by atoms with van der Waals surface area (Å²) in [6, 6.07) is 12.1. The lowest BCUT2D eigenvalue weighted by Gasteiger charge is -2.36. The zero-order valence-electron chi connectivity index (χ0n) is 14.3. The quantitative estimate of drug-likeness (QED) is 0.858. The van der Waals surface area contributed by atoms with Crippen molar-refractivity contribution in [3.05, 3.63) is 42.1 Å². The van der Waals surface area contributed by atoms with E-state index in [0.29, 0.717) is 0 Å². The number of nitrogens with zero attached hydrogens (tertiary/aromatic N) is 6. The van der Waals surface area contributed by atoms with Crippen LogP contribution in [-0.2, 0) is 0 Å². The van der Waals surface area contributed by atoms with Gasteiger partial charge in [-0.25, -0.2) is 4.98 Å². The maximum atomic E-state index is 9.30. The van der Waals surface area contributed by atoms with Gasteiger partial charge in [-0.1, -0.05) is 12.1 Å². The smallest absolute Gasteiger partial charge is 0.227 e. The summed E-state index contributed by atoms with van der Waals surface area (Å²) in [7, 11) is 0. The molecule has 0 spiro atoms. The average molecular weight is 334 g/mol. The summed E-state index contributed by atoms with van der Waals surface area (Å²) in [5.41, 5.74) is 1.76. The molecule has 1 aromatic heterocycles. The molecule has 128 valence electrons. The summed E-state index contributed by atoms with van der Waals surface area (Å²) in [4.78, 5) is 16.1. The van der Waals surface area contributed by atoms with E-state index in [4.69, 9.17) is 4.98 Å². The fraction of sp³-hybridized carbons (Fsp3) is 0.421. The zero-order chi connectivity index (χ0) is 17.1. The maximum Gasteiger partial charge on any atom is 0.227 e. The predicted molar refractivity (Wildman–Crippen MR) is 99.1 cm³/mol. The number of piperazine rings is 1.